The third-order valence-electron chi connectivity index (χ3n) is 7.14. The third-order valence-corrected chi connectivity index (χ3v) is 7.88. The molecule has 2 heterocycles. The van der Waals surface area contributed by atoms with E-state index in [9.17, 15) is 15.0 Å². The highest BCUT2D eigenvalue weighted by Gasteiger charge is 2.51. The van der Waals surface area contributed by atoms with Crippen LogP contribution in [0.25, 0.3) is 0 Å². The van der Waals surface area contributed by atoms with E-state index in [1.807, 2.05) is 22.8 Å². The molecule has 0 aromatic heterocycles. The van der Waals surface area contributed by atoms with E-state index in [-0.39, 0.29) is 23.5 Å². The van der Waals surface area contributed by atoms with Crippen LogP contribution in [-0.2, 0) is 4.79 Å². The van der Waals surface area contributed by atoms with Crippen LogP contribution in [0.2, 0.25) is 10.0 Å². The Balaban J connectivity index is 1.25. The van der Waals surface area contributed by atoms with Gasteiger partial charge in [0, 0.05) is 38.4 Å². The first-order valence-electron chi connectivity index (χ1n) is 10.9. The van der Waals surface area contributed by atoms with Gasteiger partial charge in [-0.2, -0.15) is 0 Å². The summed E-state index contributed by atoms with van der Waals surface area (Å²) in [6, 6.07) is 5.14. The number of aliphatic hydroxyl groups is 2. The molecule has 1 spiro atoms. The molecule has 2 N–H and O–H groups in total. The first kappa shape index (κ1) is 22.2. The SMILES string of the molecule is CC1C(=O)N(CCC(O)CN2CCC3(CC3)C(O)C2)CCN1c1ccc(Cl)c(Cl)c1. The van der Waals surface area contributed by atoms with Crippen LogP contribution < -0.4 is 4.90 Å². The lowest BCUT2D eigenvalue weighted by atomic mass is 9.90. The van der Waals surface area contributed by atoms with Gasteiger partial charge in [-0.15, -0.1) is 0 Å². The predicted molar refractivity (Wildman–Crippen MR) is 119 cm³/mol. The molecule has 1 saturated carbocycles. The highest BCUT2D eigenvalue weighted by atomic mass is 35.5. The fourth-order valence-corrected chi connectivity index (χ4v) is 5.14. The molecule has 6 nitrogen and oxygen atoms in total. The largest absolute Gasteiger partial charge is 0.392 e. The number of β-amino-alcohol motifs (C(OH)–C–C–N with tert-alkyl or cyclic N) is 2. The second-order valence-corrected chi connectivity index (χ2v) is 9.94. The van der Waals surface area contributed by atoms with E-state index in [4.69, 9.17) is 23.2 Å². The zero-order valence-electron chi connectivity index (χ0n) is 17.4. The third kappa shape index (κ3) is 4.58. The summed E-state index contributed by atoms with van der Waals surface area (Å²) in [5, 5.41) is 21.8. The fourth-order valence-electron chi connectivity index (χ4n) is 4.85. The molecule has 1 aliphatic carbocycles. The van der Waals surface area contributed by atoms with Crippen LogP contribution in [0.15, 0.2) is 18.2 Å². The van der Waals surface area contributed by atoms with Crippen LogP contribution in [0.3, 0.4) is 0 Å². The minimum absolute atomic E-state index is 0.0589. The molecule has 30 heavy (non-hydrogen) atoms. The van der Waals surface area contributed by atoms with Gasteiger partial charge in [0.25, 0.3) is 0 Å². The Morgan fingerprint density at radius 1 is 1.17 bits per heavy atom. The number of halogens is 2. The Hall–Kier alpha value is -1.05. The zero-order chi connectivity index (χ0) is 21.5. The summed E-state index contributed by atoms with van der Waals surface area (Å²) in [7, 11) is 0. The van der Waals surface area contributed by atoms with Crippen LogP contribution in [0.5, 0.6) is 0 Å². The van der Waals surface area contributed by atoms with E-state index in [1.165, 1.54) is 0 Å². The van der Waals surface area contributed by atoms with E-state index in [1.54, 1.807) is 12.1 Å². The standard InChI is InChI=1S/C22H31Cl2N3O3/c1-15-21(30)26(10-11-27(15)16-2-3-18(23)19(24)12-16)8-4-17(28)13-25-9-7-22(5-6-22)20(29)14-25/h2-3,12,15,17,20,28-29H,4-11,13-14H2,1H3. The lowest BCUT2D eigenvalue weighted by Crippen LogP contribution is -2.56. The van der Waals surface area contributed by atoms with Crippen molar-refractivity contribution in [2.24, 2.45) is 5.41 Å². The van der Waals surface area contributed by atoms with Gasteiger partial charge in [-0.05, 0) is 62.8 Å². The molecule has 3 atom stereocenters. The molecule has 3 aliphatic rings. The number of piperidine rings is 1. The summed E-state index contributed by atoms with van der Waals surface area (Å²) < 4.78 is 0. The number of carbonyl (C=O) groups excluding carboxylic acids is 1. The second-order valence-electron chi connectivity index (χ2n) is 9.12. The lowest BCUT2D eigenvalue weighted by molar-refractivity contribution is -0.134. The summed E-state index contributed by atoms with van der Waals surface area (Å²) in [4.78, 5) is 18.9. The first-order valence-corrected chi connectivity index (χ1v) is 11.6. The smallest absolute Gasteiger partial charge is 0.245 e. The Bertz CT molecular complexity index is 789. The number of aliphatic hydroxyl groups excluding tert-OH is 2. The van der Waals surface area contributed by atoms with Crippen LogP contribution in [0, 0.1) is 5.41 Å². The average Bonchev–Trinajstić information content (AvgIpc) is 3.49. The molecule has 2 saturated heterocycles. The molecule has 4 rings (SSSR count). The fraction of sp³-hybridized carbons (Fsp3) is 0.682. The van der Waals surface area contributed by atoms with Gasteiger partial charge in [0.05, 0.1) is 22.3 Å². The number of amides is 1. The summed E-state index contributed by atoms with van der Waals surface area (Å²) in [5.41, 5.74) is 1.07. The molecule has 166 valence electrons. The second kappa shape index (κ2) is 8.83. The van der Waals surface area contributed by atoms with Crippen molar-refractivity contribution in [2.45, 2.75) is 50.9 Å². The lowest BCUT2D eigenvalue weighted by Gasteiger charge is -2.41. The van der Waals surface area contributed by atoms with Gasteiger partial charge in [-0.25, -0.2) is 0 Å². The van der Waals surface area contributed by atoms with Gasteiger partial charge >= 0.3 is 0 Å². The van der Waals surface area contributed by atoms with Gasteiger partial charge in [-0.3, -0.25) is 9.69 Å². The van der Waals surface area contributed by atoms with Crippen LogP contribution >= 0.6 is 23.2 Å². The van der Waals surface area contributed by atoms with Crippen LogP contribution in [0.4, 0.5) is 5.69 Å². The van der Waals surface area contributed by atoms with E-state index in [2.05, 4.69) is 4.90 Å². The molecule has 3 fully saturated rings. The topological polar surface area (TPSA) is 67.2 Å². The summed E-state index contributed by atoms with van der Waals surface area (Å²) in [6.45, 7) is 5.90. The van der Waals surface area contributed by atoms with Crippen molar-refractivity contribution in [3.63, 3.8) is 0 Å². The van der Waals surface area contributed by atoms with Crippen molar-refractivity contribution in [1.29, 1.82) is 0 Å². The van der Waals surface area contributed by atoms with Crippen molar-refractivity contribution in [3.8, 4) is 0 Å². The molecule has 1 aromatic carbocycles. The number of hydrogen-bond donors (Lipinski definition) is 2. The van der Waals surface area contributed by atoms with E-state index >= 15 is 0 Å². The zero-order valence-corrected chi connectivity index (χ0v) is 18.9. The van der Waals surface area contributed by atoms with E-state index < -0.39 is 6.10 Å². The van der Waals surface area contributed by atoms with Crippen LogP contribution in [0.1, 0.15) is 32.6 Å². The van der Waals surface area contributed by atoms with E-state index in [0.29, 0.717) is 49.2 Å². The number of rotatable bonds is 6. The molecular formula is C22H31Cl2N3O3. The van der Waals surface area contributed by atoms with Crippen molar-refractivity contribution < 1.29 is 15.0 Å². The molecule has 1 aromatic rings. The van der Waals surface area contributed by atoms with Crippen molar-refractivity contribution in [2.75, 3.05) is 44.2 Å². The van der Waals surface area contributed by atoms with Gasteiger partial charge in [0.15, 0.2) is 0 Å². The number of likely N-dealkylation sites (tertiary alicyclic amines) is 1. The Morgan fingerprint density at radius 3 is 2.60 bits per heavy atom. The molecular weight excluding hydrogens is 425 g/mol. The number of benzene rings is 1. The number of nitrogens with zero attached hydrogens (tertiary/aromatic N) is 3. The molecule has 2 aliphatic heterocycles. The van der Waals surface area contributed by atoms with Gasteiger partial charge in [0.2, 0.25) is 5.91 Å². The minimum Gasteiger partial charge on any atom is -0.392 e. The van der Waals surface area contributed by atoms with Crippen molar-refractivity contribution in [3.05, 3.63) is 28.2 Å². The number of hydrogen-bond acceptors (Lipinski definition) is 5. The van der Waals surface area contributed by atoms with E-state index in [0.717, 1.165) is 31.5 Å². The maximum absolute atomic E-state index is 12.9. The Labute approximate surface area is 188 Å². The Kier molecular flexibility index (Phi) is 6.52. The molecule has 8 heteroatoms. The molecule has 3 unspecified atom stereocenters. The van der Waals surface area contributed by atoms with Gasteiger partial charge in [-0.1, -0.05) is 23.2 Å². The monoisotopic (exact) mass is 455 g/mol. The minimum atomic E-state index is -0.498. The highest BCUT2D eigenvalue weighted by Crippen LogP contribution is 2.53. The average molecular weight is 456 g/mol. The first-order chi connectivity index (χ1) is 14.3. The summed E-state index contributed by atoms with van der Waals surface area (Å²) in [6.07, 6.45) is 3.08. The predicted octanol–water partition coefficient (Wildman–Crippen LogP) is 2.63. The Morgan fingerprint density at radius 2 is 1.93 bits per heavy atom. The molecule has 0 bridgehead atoms. The number of piperazine rings is 1. The number of carbonyl (C=O) groups is 1. The number of anilines is 1. The summed E-state index contributed by atoms with van der Waals surface area (Å²) in [5.74, 6) is 0.0589. The van der Waals surface area contributed by atoms with Crippen molar-refractivity contribution >= 4 is 34.8 Å². The van der Waals surface area contributed by atoms with Gasteiger partial charge < -0.3 is 20.0 Å². The van der Waals surface area contributed by atoms with Gasteiger partial charge in [0.1, 0.15) is 6.04 Å². The maximum Gasteiger partial charge on any atom is 0.245 e. The quantitative estimate of drug-likeness (QED) is 0.689. The van der Waals surface area contributed by atoms with Crippen LogP contribution in [-0.4, -0.2) is 83.4 Å². The summed E-state index contributed by atoms with van der Waals surface area (Å²) >= 11 is 12.1. The highest BCUT2D eigenvalue weighted by molar-refractivity contribution is 6.42. The molecule has 0 radical (unpaired) electrons. The molecule has 1 amide bonds. The normalized spacial score (nSPS) is 27.6. The maximum atomic E-state index is 12.9. The van der Waals surface area contributed by atoms with Crippen molar-refractivity contribution in [1.82, 2.24) is 9.80 Å².